The second kappa shape index (κ2) is 9.58. The van der Waals surface area contributed by atoms with Gasteiger partial charge in [-0.05, 0) is 31.4 Å². The van der Waals surface area contributed by atoms with E-state index in [9.17, 15) is 13.6 Å². The van der Waals surface area contributed by atoms with Crippen molar-refractivity contribution in [3.05, 3.63) is 42.2 Å². The van der Waals surface area contributed by atoms with Gasteiger partial charge >= 0.3 is 0 Å². The second-order valence-electron chi connectivity index (χ2n) is 8.46. The highest BCUT2D eigenvalue weighted by molar-refractivity contribution is 5.77. The Morgan fingerprint density at radius 3 is 2.68 bits per heavy atom. The van der Waals surface area contributed by atoms with Crippen molar-refractivity contribution in [1.82, 2.24) is 14.9 Å². The highest BCUT2D eigenvalue weighted by Gasteiger charge is 2.28. The Bertz CT molecular complexity index is 920. The van der Waals surface area contributed by atoms with Crippen LogP contribution in [0.3, 0.4) is 0 Å². The van der Waals surface area contributed by atoms with Crippen molar-refractivity contribution in [3.8, 4) is 11.6 Å². The van der Waals surface area contributed by atoms with Gasteiger partial charge in [0.2, 0.25) is 11.8 Å². The molecule has 1 aromatic heterocycles. The maximum atomic E-state index is 13.4. The van der Waals surface area contributed by atoms with E-state index in [1.807, 2.05) is 4.90 Å². The van der Waals surface area contributed by atoms with Gasteiger partial charge in [0.1, 0.15) is 17.9 Å². The Balaban J connectivity index is 1.34. The summed E-state index contributed by atoms with van der Waals surface area (Å²) in [4.78, 5) is 25.2. The Labute approximate surface area is 181 Å². The summed E-state index contributed by atoms with van der Waals surface area (Å²) in [6.45, 7) is 4.03. The van der Waals surface area contributed by atoms with Crippen LogP contribution >= 0.6 is 0 Å². The summed E-state index contributed by atoms with van der Waals surface area (Å²) < 4.78 is 32.1. The number of amides is 1. The molecule has 6 nitrogen and oxygen atoms in total. The van der Waals surface area contributed by atoms with Crippen LogP contribution in [0.2, 0.25) is 0 Å². The van der Waals surface area contributed by atoms with E-state index in [0.717, 1.165) is 24.5 Å². The molecule has 8 heteroatoms. The third-order valence-electron chi connectivity index (χ3n) is 6.25. The van der Waals surface area contributed by atoms with Crippen LogP contribution in [-0.4, -0.2) is 46.5 Å². The van der Waals surface area contributed by atoms with Crippen molar-refractivity contribution in [2.75, 3.05) is 24.5 Å². The number of ether oxygens (including phenoxy) is 1. The topological polar surface area (TPSA) is 58.6 Å². The summed E-state index contributed by atoms with van der Waals surface area (Å²) in [5, 5.41) is 0. The van der Waals surface area contributed by atoms with E-state index in [4.69, 9.17) is 4.74 Å². The first-order valence-electron chi connectivity index (χ1n) is 11.0. The highest BCUT2D eigenvalue weighted by Crippen LogP contribution is 2.29. The van der Waals surface area contributed by atoms with Crippen molar-refractivity contribution in [1.29, 1.82) is 0 Å². The van der Waals surface area contributed by atoms with Gasteiger partial charge in [0.15, 0.2) is 11.6 Å². The number of halogens is 2. The van der Waals surface area contributed by atoms with Crippen LogP contribution in [0.5, 0.6) is 11.6 Å². The Morgan fingerprint density at radius 1 is 1.13 bits per heavy atom. The number of carbonyl (C=O) groups is 1. The van der Waals surface area contributed by atoms with Gasteiger partial charge in [0.05, 0.1) is 0 Å². The number of hydrogen-bond donors (Lipinski definition) is 0. The van der Waals surface area contributed by atoms with E-state index >= 15 is 0 Å². The predicted molar refractivity (Wildman–Crippen MR) is 113 cm³/mol. The van der Waals surface area contributed by atoms with Gasteiger partial charge in [0.25, 0.3) is 0 Å². The summed E-state index contributed by atoms with van der Waals surface area (Å²) in [5.74, 6) is 0.138. The average molecular weight is 430 g/mol. The molecule has 2 heterocycles. The molecule has 0 N–H and O–H groups in total. The molecular formula is C23H28F2N4O2. The molecule has 1 saturated carbocycles. The molecule has 1 aromatic carbocycles. The number of rotatable bonds is 6. The minimum atomic E-state index is -0.977. The molecule has 2 aliphatic rings. The first-order valence-corrected chi connectivity index (χ1v) is 11.0. The van der Waals surface area contributed by atoms with Crippen LogP contribution in [0.25, 0.3) is 0 Å². The van der Waals surface area contributed by atoms with Crippen molar-refractivity contribution in [2.24, 2.45) is 5.92 Å². The summed E-state index contributed by atoms with van der Waals surface area (Å²) >= 11 is 0. The molecule has 0 spiro atoms. The number of hydrogen-bond acceptors (Lipinski definition) is 5. The van der Waals surface area contributed by atoms with E-state index in [-0.39, 0.29) is 23.6 Å². The zero-order chi connectivity index (χ0) is 21.8. The highest BCUT2D eigenvalue weighted by atomic mass is 19.2. The van der Waals surface area contributed by atoms with E-state index in [0.29, 0.717) is 31.9 Å². The summed E-state index contributed by atoms with van der Waals surface area (Å²) in [6.07, 6.45) is 8.15. The maximum absolute atomic E-state index is 13.4. The zero-order valence-corrected chi connectivity index (χ0v) is 17.8. The summed E-state index contributed by atoms with van der Waals surface area (Å²) in [5.41, 5.74) is 0. The van der Waals surface area contributed by atoms with Crippen LogP contribution < -0.4 is 9.64 Å². The molecule has 1 amide bonds. The monoisotopic (exact) mass is 430 g/mol. The van der Waals surface area contributed by atoms with Crippen LogP contribution in [0.15, 0.2) is 30.6 Å². The molecule has 1 atom stereocenters. The van der Waals surface area contributed by atoms with Crippen LogP contribution in [0.1, 0.15) is 45.4 Å². The van der Waals surface area contributed by atoms with Crippen LogP contribution in [0, 0.1) is 17.6 Å². The van der Waals surface area contributed by atoms with E-state index < -0.39 is 11.6 Å². The Morgan fingerprint density at radius 2 is 1.94 bits per heavy atom. The van der Waals surface area contributed by atoms with Gasteiger partial charge in [-0.2, -0.15) is 0 Å². The predicted octanol–water partition coefficient (Wildman–Crippen LogP) is 4.55. The Kier molecular flexibility index (Phi) is 6.63. The van der Waals surface area contributed by atoms with E-state index in [1.165, 1.54) is 38.1 Å². The summed E-state index contributed by atoms with van der Waals surface area (Å²) in [7, 11) is 0. The normalized spacial score (nSPS) is 19.6. The lowest BCUT2D eigenvalue weighted by Gasteiger charge is -2.40. The molecule has 2 fully saturated rings. The minimum absolute atomic E-state index is 0.0790. The van der Waals surface area contributed by atoms with Gasteiger partial charge < -0.3 is 14.5 Å². The number of anilines is 1. The molecule has 0 radical (unpaired) electrons. The molecule has 1 saturated heterocycles. The SMILES string of the molecule is C[C@H]1CN(c2cc(Oc3ccc(F)c(F)c3)ncn2)CCN1C(=O)CCC1CCCC1. The number of piperazine rings is 1. The van der Waals surface area contributed by atoms with Crippen molar-refractivity contribution in [2.45, 2.75) is 51.5 Å². The number of nitrogens with zero attached hydrogens (tertiary/aromatic N) is 4. The minimum Gasteiger partial charge on any atom is -0.439 e. The van der Waals surface area contributed by atoms with Gasteiger partial charge in [-0.25, -0.2) is 18.7 Å². The maximum Gasteiger partial charge on any atom is 0.224 e. The van der Waals surface area contributed by atoms with Gasteiger partial charge in [0, 0.05) is 44.2 Å². The van der Waals surface area contributed by atoms with Crippen LogP contribution in [0.4, 0.5) is 14.6 Å². The molecule has 4 rings (SSSR count). The smallest absolute Gasteiger partial charge is 0.224 e. The standard InChI is InChI=1S/C23H28F2N4O2/c1-16-14-28(10-11-29(16)23(30)9-6-17-4-2-3-5-17)21-13-22(27-15-26-21)31-18-7-8-19(24)20(25)12-18/h7-8,12-13,15-17H,2-6,9-11,14H2,1H3/t16-/m0/s1. The molecule has 2 aromatic rings. The fourth-order valence-corrected chi connectivity index (χ4v) is 4.53. The largest absolute Gasteiger partial charge is 0.439 e. The number of carbonyl (C=O) groups excluding carboxylic acids is 1. The fourth-order valence-electron chi connectivity index (χ4n) is 4.53. The van der Waals surface area contributed by atoms with E-state index in [2.05, 4.69) is 21.8 Å². The first kappa shape index (κ1) is 21.5. The van der Waals surface area contributed by atoms with Gasteiger partial charge in [-0.3, -0.25) is 4.79 Å². The fraction of sp³-hybridized carbons (Fsp3) is 0.522. The quantitative estimate of drug-likeness (QED) is 0.673. The lowest BCUT2D eigenvalue weighted by atomic mass is 10.0. The van der Waals surface area contributed by atoms with Crippen molar-refractivity contribution >= 4 is 11.7 Å². The van der Waals surface area contributed by atoms with E-state index in [1.54, 1.807) is 6.07 Å². The molecule has 166 valence electrons. The van der Waals surface area contributed by atoms with Crippen molar-refractivity contribution in [3.63, 3.8) is 0 Å². The molecular weight excluding hydrogens is 402 g/mol. The average Bonchev–Trinajstić information content (AvgIpc) is 3.28. The molecule has 1 aliphatic carbocycles. The third-order valence-corrected chi connectivity index (χ3v) is 6.25. The van der Waals surface area contributed by atoms with Crippen molar-refractivity contribution < 1.29 is 18.3 Å². The number of aromatic nitrogens is 2. The summed E-state index contributed by atoms with van der Waals surface area (Å²) in [6, 6.07) is 5.09. The zero-order valence-electron chi connectivity index (χ0n) is 17.8. The molecule has 0 bridgehead atoms. The first-order chi connectivity index (χ1) is 15.0. The lowest BCUT2D eigenvalue weighted by Crippen LogP contribution is -2.54. The Hall–Kier alpha value is -2.77. The molecule has 31 heavy (non-hydrogen) atoms. The second-order valence-corrected chi connectivity index (χ2v) is 8.46. The van der Waals surface area contributed by atoms with Gasteiger partial charge in [-0.15, -0.1) is 0 Å². The van der Waals surface area contributed by atoms with Gasteiger partial charge in [-0.1, -0.05) is 25.7 Å². The lowest BCUT2D eigenvalue weighted by molar-refractivity contribution is -0.133. The third kappa shape index (κ3) is 5.29. The molecule has 0 unspecified atom stereocenters. The van der Waals surface area contributed by atoms with Crippen LogP contribution in [-0.2, 0) is 4.79 Å². The number of benzene rings is 1. The molecule has 1 aliphatic heterocycles.